The fraction of sp³-hybridized carbons (Fsp3) is 1.00. The van der Waals surface area contributed by atoms with Crippen molar-refractivity contribution < 1.29 is 31.1 Å². The first-order valence-electron chi connectivity index (χ1n) is 2.90. The molecule has 0 saturated carbocycles. The molecule has 0 radical (unpaired) electrons. The van der Waals surface area contributed by atoms with Crippen LogP contribution in [0.15, 0.2) is 10.2 Å². The van der Waals surface area contributed by atoms with Gasteiger partial charge in [0.2, 0.25) is 0 Å². The molecule has 3 nitrogen and oxygen atoms in total. The van der Waals surface area contributed by atoms with Gasteiger partial charge in [0.15, 0.2) is 0 Å². The summed E-state index contributed by atoms with van der Waals surface area (Å²) in [7, 11) is 0. The molecule has 1 heterocycles. The zero-order chi connectivity index (χ0) is 10.3. The summed E-state index contributed by atoms with van der Waals surface area (Å²) in [6, 6.07) is 0. The van der Waals surface area contributed by atoms with Gasteiger partial charge in [0.1, 0.15) is 0 Å². The molecule has 0 aromatic heterocycles. The first-order valence-corrected chi connectivity index (χ1v) is 2.90. The number of ether oxygens (including phenoxy) is 1. The van der Waals surface area contributed by atoms with Crippen LogP contribution in [-0.2, 0) is 4.74 Å². The van der Waals surface area contributed by atoms with E-state index < -0.39 is 24.8 Å². The molecule has 1 aliphatic rings. The van der Waals surface area contributed by atoms with Crippen molar-refractivity contribution in [2.24, 2.45) is 10.2 Å². The van der Waals surface area contributed by atoms with Crippen LogP contribution in [0.3, 0.4) is 0 Å². The highest BCUT2D eigenvalue weighted by molar-refractivity contribution is 4.75. The number of hydrogen-bond donors (Lipinski definition) is 0. The smallest absolute Gasteiger partial charge is 0.311 e. The average Bonchev–Trinajstić information content (AvgIpc) is 2.28. The van der Waals surface area contributed by atoms with Crippen LogP contribution in [0.2, 0.25) is 0 Å². The molecule has 1 rings (SSSR count). The van der Waals surface area contributed by atoms with Crippen molar-refractivity contribution in [3.8, 4) is 0 Å². The van der Waals surface area contributed by atoms with Gasteiger partial charge in [0.05, 0.1) is 0 Å². The van der Waals surface area contributed by atoms with E-state index in [1.54, 1.807) is 0 Å². The highest BCUT2D eigenvalue weighted by atomic mass is 19.4. The van der Waals surface area contributed by atoms with Crippen LogP contribution in [0.1, 0.15) is 0 Å². The summed E-state index contributed by atoms with van der Waals surface area (Å²) in [5.74, 6) is 0. The Morgan fingerprint density at radius 2 is 1.08 bits per heavy atom. The van der Waals surface area contributed by atoms with Crippen molar-refractivity contribution in [1.82, 2.24) is 0 Å². The van der Waals surface area contributed by atoms with E-state index in [0.717, 1.165) is 0 Å². The van der Waals surface area contributed by atoms with Crippen LogP contribution >= 0.6 is 0 Å². The highest BCUT2D eigenvalue weighted by Crippen LogP contribution is 2.35. The van der Waals surface area contributed by atoms with Crippen LogP contribution in [0, 0.1) is 0 Å². The molecule has 0 saturated heterocycles. The monoisotopic (exact) mass is 208 g/mol. The maximum Gasteiger partial charge on any atom is 0.437 e. The molecule has 0 bridgehead atoms. The van der Waals surface area contributed by atoms with Crippen molar-refractivity contribution in [3.05, 3.63) is 0 Å². The summed E-state index contributed by atoms with van der Waals surface area (Å²) >= 11 is 0. The highest BCUT2D eigenvalue weighted by Gasteiger charge is 2.53. The van der Waals surface area contributed by atoms with Crippen molar-refractivity contribution in [2.45, 2.75) is 24.8 Å². The van der Waals surface area contributed by atoms with Crippen molar-refractivity contribution in [3.63, 3.8) is 0 Å². The first-order chi connectivity index (χ1) is 5.71. The van der Waals surface area contributed by atoms with E-state index in [1.807, 2.05) is 0 Å². The molecule has 2 atom stereocenters. The van der Waals surface area contributed by atoms with Crippen molar-refractivity contribution in [1.29, 1.82) is 0 Å². The molecule has 0 amide bonds. The Morgan fingerprint density at radius 1 is 0.769 bits per heavy atom. The minimum absolute atomic E-state index is 2.31. The maximum absolute atomic E-state index is 11.7. The number of hydrogen-bond acceptors (Lipinski definition) is 3. The molecule has 0 aromatic rings. The SMILES string of the molecule is FC(F)(F)C1N=NC(C(F)(F)F)O1. The van der Waals surface area contributed by atoms with E-state index in [-0.39, 0.29) is 0 Å². The molecule has 2 unspecified atom stereocenters. The lowest BCUT2D eigenvalue weighted by Gasteiger charge is -2.14. The third-order valence-corrected chi connectivity index (χ3v) is 1.09. The summed E-state index contributed by atoms with van der Waals surface area (Å²) in [4.78, 5) is 0. The van der Waals surface area contributed by atoms with Crippen LogP contribution < -0.4 is 0 Å². The molecular weight excluding hydrogens is 206 g/mol. The summed E-state index contributed by atoms with van der Waals surface area (Å²) in [6.07, 6.45) is -15.5. The van der Waals surface area contributed by atoms with Crippen LogP contribution in [0.4, 0.5) is 26.3 Å². The van der Waals surface area contributed by atoms with Gasteiger partial charge in [-0.25, -0.2) is 0 Å². The second-order valence-electron chi connectivity index (χ2n) is 2.15. The van der Waals surface area contributed by atoms with E-state index in [4.69, 9.17) is 0 Å². The van der Waals surface area contributed by atoms with Gasteiger partial charge in [-0.2, -0.15) is 26.3 Å². The summed E-state index contributed by atoms with van der Waals surface area (Å²) in [5, 5.41) is 4.63. The molecule has 76 valence electrons. The zero-order valence-electron chi connectivity index (χ0n) is 5.73. The predicted octanol–water partition coefficient (Wildman–Crippen LogP) is 2.25. The third-order valence-electron chi connectivity index (χ3n) is 1.09. The quantitative estimate of drug-likeness (QED) is 0.562. The van der Waals surface area contributed by atoms with Crippen molar-refractivity contribution >= 4 is 0 Å². The van der Waals surface area contributed by atoms with E-state index in [0.29, 0.717) is 0 Å². The normalized spacial score (nSPS) is 29.7. The Hall–Kier alpha value is -0.860. The standard InChI is InChI=1S/C4H2F6N2O/c5-3(6,7)1-11-12-2(13-1)4(8,9)10/h1-2H. The Labute approximate surface area is 67.4 Å². The molecule has 0 spiro atoms. The van der Waals surface area contributed by atoms with E-state index in [1.165, 1.54) is 0 Å². The Balaban J connectivity index is 2.63. The Kier molecular flexibility index (Phi) is 2.22. The van der Waals surface area contributed by atoms with Gasteiger partial charge in [-0.15, -0.1) is 10.2 Å². The molecule has 0 N–H and O–H groups in total. The Bertz CT molecular complexity index is 198. The fourth-order valence-corrected chi connectivity index (χ4v) is 0.583. The summed E-state index contributed by atoms with van der Waals surface area (Å²) < 4.78 is 73.6. The van der Waals surface area contributed by atoms with Gasteiger partial charge in [-0.05, 0) is 0 Å². The fourth-order valence-electron chi connectivity index (χ4n) is 0.583. The van der Waals surface area contributed by atoms with Crippen LogP contribution in [-0.4, -0.2) is 24.8 Å². The van der Waals surface area contributed by atoms with Gasteiger partial charge in [-0.3, -0.25) is 0 Å². The maximum atomic E-state index is 11.7. The second-order valence-corrected chi connectivity index (χ2v) is 2.15. The van der Waals surface area contributed by atoms with Gasteiger partial charge in [-0.1, -0.05) is 0 Å². The third kappa shape index (κ3) is 2.29. The van der Waals surface area contributed by atoms with E-state index in [2.05, 4.69) is 15.0 Å². The number of rotatable bonds is 0. The lowest BCUT2D eigenvalue weighted by molar-refractivity contribution is -0.265. The second kappa shape index (κ2) is 2.82. The largest absolute Gasteiger partial charge is 0.437 e. The van der Waals surface area contributed by atoms with Crippen molar-refractivity contribution in [2.75, 3.05) is 0 Å². The molecule has 9 heteroatoms. The predicted molar refractivity (Wildman–Crippen MR) is 25.6 cm³/mol. The average molecular weight is 208 g/mol. The van der Waals surface area contributed by atoms with Gasteiger partial charge < -0.3 is 4.74 Å². The number of halogens is 6. The summed E-state index contributed by atoms with van der Waals surface area (Å²) in [5.41, 5.74) is 0. The topological polar surface area (TPSA) is 34.0 Å². The van der Waals surface area contributed by atoms with Gasteiger partial charge in [0, 0.05) is 0 Å². The van der Waals surface area contributed by atoms with Gasteiger partial charge in [0.25, 0.3) is 12.5 Å². The minimum Gasteiger partial charge on any atom is -0.311 e. The molecular formula is C4H2F6N2O. The van der Waals surface area contributed by atoms with Gasteiger partial charge >= 0.3 is 12.4 Å². The minimum atomic E-state index is -4.95. The lowest BCUT2D eigenvalue weighted by Crippen LogP contribution is -2.34. The number of nitrogens with zero attached hydrogens (tertiary/aromatic N) is 2. The Morgan fingerprint density at radius 3 is 1.23 bits per heavy atom. The van der Waals surface area contributed by atoms with Crippen LogP contribution in [0.5, 0.6) is 0 Å². The molecule has 0 fully saturated rings. The lowest BCUT2D eigenvalue weighted by atomic mass is 10.5. The zero-order valence-corrected chi connectivity index (χ0v) is 5.73. The molecule has 13 heavy (non-hydrogen) atoms. The van der Waals surface area contributed by atoms with E-state index in [9.17, 15) is 26.3 Å². The van der Waals surface area contributed by atoms with E-state index >= 15 is 0 Å². The number of alkyl halides is 6. The molecule has 0 aromatic carbocycles. The molecule has 1 aliphatic heterocycles. The number of azo groups is 1. The molecule has 0 aliphatic carbocycles. The summed E-state index contributed by atoms with van der Waals surface area (Å²) in [6.45, 7) is 0. The first kappa shape index (κ1) is 10.2. The van der Waals surface area contributed by atoms with Crippen LogP contribution in [0.25, 0.3) is 0 Å².